The van der Waals surface area contributed by atoms with Gasteiger partial charge in [0, 0.05) is 0 Å². The minimum Gasteiger partial charge on any atom is -0.479 e. The number of hydrogen-bond acceptors (Lipinski definition) is 6. The van der Waals surface area contributed by atoms with Crippen molar-refractivity contribution in [2.24, 2.45) is 0 Å². The third-order valence-corrected chi connectivity index (χ3v) is 5.08. The van der Waals surface area contributed by atoms with Crippen LogP contribution in [-0.2, 0) is 14.3 Å². The first-order valence-electron chi connectivity index (χ1n) is 4.27. The first-order chi connectivity index (χ1) is 8.01. The van der Waals surface area contributed by atoms with Crippen molar-refractivity contribution >= 4 is 55.1 Å². The second-order valence-corrected chi connectivity index (χ2v) is 5.84. The number of rotatable bonds is 4. The van der Waals surface area contributed by atoms with E-state index in [9.17, 15) is 9.59 Å². The molecule has 1 rings (SSSR count). The summed E-state index contributed by atoms with van der Waals surface area (Å²) in [5, 5.41) is 0. The lowest BCUT2D eigenvalue weighted by molar-refractivity contribution is -0.142. The predicted octanol–water partition coefficient (Wildman–Crippen LogP) is 2.61. The van der Waals surface area contributed by atoms with Crippen LogP contribution >= 0.6 is 43.2 Å². The van der Waals surface area contributed by atoms with E-state index in [1.54, 1.807) is 0 Å². The van der Waals surface area contributed by atoms with Crippen molar-refractivity contribution in [2.45, 2.75) is 0 Å². The van der Waals surface area contributed by atoms with E-state index in [-0.39, 0.29) is 17.2 Å². The molecule has 1 aromatic heterocycles. The summed E-state index contributed by atoms with van der Waals surface area (Å²) in [5.41, 5.74) is 0. The smallest absolute Gasteiger partial charge is 0.351 e. The van der Waals surface area contributed by atoms with Crippen LogP contribution in [0.15, 0.2) is 8.26 Å². The van der Waals surface area contributed by atoms with Gasteiger partial charge in [-0.2, -0.15) is 0 Å². The topological polar surface area (TPSA) is 61.8 Å². The van der Waals surface area contributed by atoms with E-state index in [4.69, 9.17) is 4.74 Å². The molecule has 0 unspecified atom stereocenters. The molecule has 0 saturated carbocycles. The van der Waals surface area contributed by atoms with Crippen LogP contribution in [0.4, 0.5) is 0 Å². The van der Waals surface area contributed by atoms with E-state index in [0.717, 1.165) is 11.3 Å². The molecule has 5 nitrogen and oxygen atoms in total. The Balaban J connectivity index is 2.96. The molecule has 0 atom stereocenters. The average molecular weight is 388 g/mol. The number of methoxy groups -OCH3 is 2. The molecule has 0 aromatic carbocycles. The Labute approximate surface area is 118 Å². The van der Waals surface area contributed by atoms with Crippen LogP contribution in [0.5, 0.6) is 5.75 Å². The first kappa shape index (κ1) is 14.5. The van der Waals surface area contributed by atoms with Gasteiger partial charge in [-0.15, -0.1) is 11.3 Å². The summed E-state index contributed by atoms with van der Waals surface area (Å²) in [7, 11) is 2.53. The summed E-state index contributed by atoms with van der Waals surface area (Å²) < 4.78 is 15.5. The average Bonchev–Trinajstić information content (AvgIpc) is 2.62. The van der Waals surface area contributed by atoms with Crippen LogP contribution < -0.4 is 4.74 Å². The van der Waals surface area contributed by atoms with Gasteiger partial charge in [-0.1, -0.05) is 0 Å². The number of hydrogen-bond donors (Lipinski definition) is 0. The summed E-state index contributed by atoms with van der Waals surface area (Å²) in [5.74, 6) is -0.796. The molecular weight excluding hydrogens is 380 g/mol. The Hall–Kier alpha value is -0.600. The van der Waals surface area contributed by atoms with Crippen LogP contribution in [0.3, 0.4) is 0 Å². The zero-order valence-corrected chi connectivity index (χ0v) is 12.9. The van der Waals surface area contributed by atoms with Gasteiger partial charge in [0.25, 0.3) is 0 Å². The van der Waals surface area contributed by atoms with Crippen LogP contribution in [0.25, 0.3) is 0 Å². The number of esters is 2. The van der Waals surface area contributed by atoms with Gasteiger partial charge in [0.15, 0.2) is 17.2 Å². The molecule has 0 aliphatic carbocycles. The fourth-order valence-corrected chi connectivity index (χ4v) is 3.05. The Kier molecular flexibility index (Phi) is 5.41. The Bertz CT molecular complexity index is 443. The van der Waals surface area contributed by atoms with E-state index in [1.807, 2.05) is 0 Å². The third kappa shape index (κ3) is 3.43. The molecule has 0 aliphatic heterocycles. The highest BCUT2D eigenvalue weighted by Gasteiger charge is 2.23. The molecule has 94 valence electrons. The number of halogens is 2. The van der Waals surface area contributed by atoms with Gasteiger partial charge in [0.1, 0.15) is 0 Å². The molecule has 0 aliphatic rings. The second-order valence-electron chi connectivity index (χ2n) is 2.70. The minimum atomic E-state index is -0.532. The predicted molar refractivity (Wildman–Crippen MR) is 68.6 cm³/mol. The van der Waals surface area contributed by atoms with Gasteiger partial charge in [-0.3, -0.25) is 0 Å². The molecular formula is C9H8Br2O5S. The number of ether oxygens (including phenoxy) is 3. The maximum atomic E-state index is 11.5. The lowest BCUT2D eigenvalue weighted by Crippen LogP contribution is -2.14. The zero-order valence-electron chi connectivity index (χ0n) is 8.91. The van der Waals surface area contributed by atoms with E-state index >= 15 is 0 Å². The molecule has 0 N–H and O–H groups in total. The lowest BCUT2D eigenvalue weighted by atomic mass is 10.4. The van der Waals surface area contributed by atoms with Crippen molar-refractivity contribution in [1.82, 2.24) is 0 Å². The highest BCUT2D eigenvalue weighted by Crippen LogP contribution is 2.43. The Morgan fingerprint density at radius 2 is 1.88 bits per heavy atom. The quantitative estimate of drug-likeness (QED) is 0.743. The Morgan fingerprint density at radius 3 is 2.41 bits per heavy atom. The summed E-state index contributed by atoms with van der Waals surface area (Å²) in [6.45, 7) is -0.276. The van der Waals surface area contributed by atoms with E-state index in [0.29, 0.717) is 8.26 Å². The van der Waals surface area contributed by atoms with Crippen LogP contribution in [0, 0.1) is 0 Å². The molecule has 0 amide bonds. The fourth-order valence-electron chi connectivity index (χ4n) is 0.916. The van der Waals surface area contributed by atoms with E-state index in [1.165, 1.54) is 14.2 Å². The van der Waals surface area contributed by atoms with Gasteiger partial charge >= 0.3 is 11.9 Å². The van der Waals surface area contributed by atoms with Gasteiger partial charge < -0.3 is 14.2 Å². The highest BCUT2D eigenvalue weighted by molar-refractivity contribution is 9.13. The third-order valence-electron chi connectivity index (χ3n) is 1.70. The van der Waals surface area contributed by atoms with Crippen LogP contribution in [0.2, 0.25) is 0 Å². The number of carbonyl (C=O) groups is 2. The SMILES string of the molecule is COC(=O)COc1c(C(=O)OC)sc(Br)c1Br. The fraction of sp³-hybridized carbons (Fsp3) is 0.333. The summed E-state index contributed by atoms with van der Waals surface area (Å²) in [4.78, 5) is 22.7. The van der Waals surface area contributed by atoms with Crippen LogP contribution in [-0.4, -0.2) is 32.8 Å². The monoisotopic (exact) mass is 386 g/mol. The first-order valence-corrected chi connectivity index (χ1v) is 6.67. The summed E-state index contributed by atoms with van der Waals surface area (Å²) in [6.07, 6.45) is 0. The van der Waals surface area contributed by atoms with Crippen molar-refractivity contribution in [3.05, 3.63) is 13.1 Å². The minimum absolute atomic E-state index is 0.263. The molecule has 1 aromatic rings. The lowest BCUT2D eigenvalue weighted by Gasteiger charge is -2.05. The molecule has 0 spiro atoms. The number of carbonyl (C=O) groups excluding carboxylic acids is 2. The molecule has 1 heterocycles. The van der Waals surface area contributed by atoms with Crippen molar-refractivity contribution in [3.63, 3.8) is 0 Å². The highest BCUT2D eigenvalue weighted by atomic mass is 79.9. The maximum absolute atomic E-state index is 11.5. The molecule has 0 radical (unpaired) electrons. The number of thiophene rings is 1. The normalized spacial score (nSPS) is 9.88. The van der Waals surface area contributed by atoms with E-state index < -0.39 is 11.9 Å². The van der Waals surface area contributed by atoms with Crippen molar-refractivity contribution in [1.29, 1.82) is 0 Å². The second kappa shape index (κ2) is 6.36. The molecule has 0 bridgehead atoms. The molecule has 0 fully saturated rings. The van der Waals surface area contributed by atoms with Gasteiger partial charge in [0.05, 0.1) is 22.5 Å². The zero-order chi connectivity index (χ0) is 13.0. The Morgan fingerprint density at radius 1 is 1.24 bits per heavy atom. The van der Waals surface area contributed by atoms with Crippen LogP contribution in [0.1, 0.15) is 9.67 Å². The van der Waals surface area contributed by atoms with Gasteiger partial charge in [-0.05, 0) is 31.9 Å². The summed E-state index contributed by atoms with van der Waals surface area (Å²) >= 11 is 7.66. The molecule has 17 heavy (non-hydrogen) atoms. The van der Waals surface area contributed by atoms with E-state index in [2.05, 4.69) is 41.3 Å². The van der Waals surface area contributed by atoms with Crippen molar-refractivity contribution in [2.75, 3.05) is 20.8 Å². The molecule has 0 saturated heterocycles. The maximum Gasteiger partial charge on any atom is 0.351 e. The van der Waals surface area contributed by atoms with Gasteiger partial charge in [0.2, 0.25) is 0 Å². The van der Waals surface area contributed by atoms with Crippen molar-refractivity contribution < 1.29 is 23.8 Å². The van der Waals surface area contributed by atoms with Crippen molar-refractivity contribution in [3.8, 4) is 5.75 Å². The largest absolute Gasteiger partial charge is 0.479 e. The standard InChI is InChI=1S/C9H8Br2O5S/c1-14-4(12)3-16-6-5(10)8(11)17-7(6)9(13)15-2/h3H2,1-2H3. The molecule has 8 heteroatoms. The van der Waals surface area contributed by atoms with Gasteiger partial charge in [-0.25, -0.2) is 9.59 Å². The summed E-state index contributed by atoms with van der Waals surface area (Å²) in [6, 6.07) is 0.